The summed E-state index contributed by atoms with van der Waals surface area (Å²) in [7, 11) is -2.19. The highest BCUT2D eigenvalue weighted by Gasteiger charge is 2.41. The van der Waals surface area contributed by atoms with Crippen molar-refractivity contribution in [3.8, 4) is 0 Å². The number of hydrogen-bond donors (Lipinski definition) is 2. The summed E-state index contributed by atoms with van der Waals surface area (Å²) >= 11 is 0. The highest BCUT2D eigenvalue weighted by Crippen LogP contribution is 2.30. The fourth-order valence-electron chi connectivity index (χ4n) is 3.64. The smallest absolute Gasteiger partial charge is 0.310 e. The minimum absolute atomic E-state index is 0. The average molecular weight is 369 g/mol. The van der Waals surface area contributed by atoms with Gasteiger partial charge in [0.1, 0.15) is 0 Å². The van der Waals surface area contributed by atoms with Crippen LogP contribution in [0.15, 0.2) is 0 Å². The zero-order valence-electron chi connectivity index (χ0n) is 13.9. The fraction of sp³-hybridized carbons (Fsp3) is 0.933. The topological polar surface area (TPSA) is 84.5 Å². The molecule has 1 saturated carbocycles. The molecule has 2 rings (SSSR count). The second-order valence-electron chi connectivity index (χ2n) is 6.51. The lowest BCUT2D eigenvalue weighted by atomic mass is 9.89. The predicted octanol–water partition coefficient (Wildman–Crippen LogP) is 1.45. The van der Waals surface area contributed by atoms with E-state index in [9.17, 15) is 13.2 Å². The molecule has 2 fully saturated rings. The van der Waals surface area contributed by atoms with Gasteiger partial charge in [-0.15, -0.1) is 12.4 Å². The molecule has 2 N–H and O–H groups in total. The highest BCUT2D eigenvalue weighted by molar-refractivity contribution is 7.90. The molecule has 0 aromatic heterocycles. The van der Waals surface area contributed by atoms with Gasteiger partial charge in [-0.25, -0.2) is 13.1 Å². The molecular formula is C15H29ClN2O4S. The average Bonchev–Trinajstić information content (AvgIpc) is 2.54. The van der Waals surface area contributed by atoms with Gasteiger partial charge in [-0.3, -0.25) is 4.79 Å². The minimum atomic E-state index is -3.51. The van der Waals surface area contributed by atoms with Crippen LogP contribution in [0.1, 0.15) is 45.4 Å². The number of nitrogens with one attached hydrogen (secondary N) is 2. The third kappa shape index (κ3) is 5.31. The van der Waals surface area contributed by atoms with E-state index in [2.05, 4.69) is 10.0 Å². The molecule has 0 bridgehead atoms. The first-order valence-corrected chi connectivity index (χ1v) is 9.80. The number of rotatable bonds is 5. The number of piperidine rings is 1. The minimum Gasteiger partial charge on any atom is -0.469 e. The second kappa shape index (κ2) is 9.20. The Balaban J connectivity index is 0.00000264. The van der Waals surface area contributed by atoms with E-state index in [0.717, 1.165) is 38.8 Å². The summed E-state index contributed by atoms with van der Waals surface area (Å²) in [6.07, 6.45) is 4.96. The lowest BCUT2D eigenvalue weighted by molar-refractivity contribution is -0.146. The van der Waals surface area contributed by atoms with Crippen LogP contribution in [0.25, 0.3) is 0 Å². The molecule has 136 valence electrons. The van der Waals surface area contributed by atoms with Crippen LogP contribution in [-0.2, 0) is 19.6 Å². The van der Waals surface area contributed by atoms with Crippen molar-refractivity contribution in [1.29, 1.82) is 0 Å². The Morgan fingerprint density at radius 2 is 1.91 bits per heavy atom. The van der Waals surface area contributed by atoms with Gasteiger partial charge in [-0.05, 0) is 51.6 Å². The standard InChI is InChI=1S/C15H28N2O4S.ClH/c1-11(12-6-5-9-16-10-12)17-22(19,20)14-8-4-3-7-13(14)15(18)21-2;/h11-14,16-17H,3-10H2,1-2H3;1H. The van der Waals surface area contributed by atoms with Crippen molar-refractivity contribution in [3.05, 3.63) is 0 Å². The van der Waals surface area contributed by atoms with E-state index in [0.29, 0.717) is 18.8 Å². The third-order valence-corrected chi connectivity index (χ3v) is 7.06. The normalized spacial score (nSPS) is 30.1. The number of sulfonamides is 1. The SMILES string of the molecule is COC(=O)C1CCCCC1S(=O)(=O)NC(C)C1CCCNC1.Cl. The first-order chi connectivity index (χ1) is 10.5. The molecule has 0 radical (unpaired) electrons. The van der Waals surface area contributed by atoms with Gasteiger partial charge in [-0.2, -0.15) is 0 Å². The van der Waals surface area contributed by atoms with E-state index in [-0.39, 0.29) is 18.4 Å². The molecule has 23 heavy (non-hydrogen) atoms. The van der Waals surface area contributed by atoms with Gasteiger partial charge in [-0.1, -0.05) is 12.8 Å². The molecule has 0 aromatic rings. The van der Waals surface area contributed by atoms with E-state index >= 15 is 0 Å². The zero-order valence-corrected chi connectivity index (χ0v) is 15.5. The molecule has 4 atom stereocenters. The summed E-state index contributed by atoms with van der Waals surface area (Å²) in [5.41, 5.74) is 0. The second-order valence-corrected chi connectivity index (χ2v) is 8.44. The summed E-state index contributed by atoms with van der Waals surface area (Å²) in [5, 5.41) is 2.65. The number of carbonyl (C=O) groups is 1. The summed E-state index contributed by atoms with van der Waals surface area (Å²) in [4.78, 5) is 11.9. The molecule has 1 heterocycles. The van der Waals surface area contributed by atoms with Crippen LogP contribution in [0.3, 0.4) is 0 Å². The quantitative estimate of drug-likeness (QED) is 0.717. The van der Waals surface area contributed by atoms with Gasteiger partial charge in [0, 0.05) is 6.04 Å². The maximum atomic E-state index is 12.7. The Morgan fingerprint density at radius 3 is 2.52 bits per heavy atom. The molecular weight excluding hydrogens is 340 g/mol. The van der Waals surface area contributed by atoms with Gasteiger partial charge in [0.25, 0.3) is 0 Å². The van der Waals surface area contributed by atoms with Crippen molar-refractivity contribution >= 4 is 28.4 Å². The predicted molar refractivity (Wildman–Crippen MR) is 92.1 cm³/mol. The van der Waals surface area contributed by atoms with Crippen LogP contribution in [0.2, 0.25) is 0 Å². The number of ether oxygens (including phenoxy) is 1. The van der Waals surface area contributed by atoms with E-state index in [4.69, 9.17) is 4.74 Å². The molecule has 2 aliphatic rings. The van der Waals surface area contributed by atoms with Crippen molar-refractivity contribution in [2.75, 3.05) is 20.2 Å². The van der Waals surface area contributed by atoms with E-state index in [1.165, 1.54) is 7.11 Å². The van der Waals surface area contributed by atoms with Gasteiger partial charge in [0.15, 0.2) is 0 Å². The van der Waals surface area contributed by atoms with Crippen LogP contribution >= 0.6 is 12.4 Å². The molecule has 6 nitrogen and oxygen atoms in total. The monoisotopic (exact) mass is 368 g/mol. The Kier molecular flexibility index (Phi) is 8.27. The number of hydrogen-bond acceptors (Lipinski definition) is 5. The van der Waals surface area contributed by atoms with Crippen molar-refractivity contribution in [3.63, 3.8) is 0 Å². The van der Waals surface area contributed by atoms with Crippen LogP contribution in [0, 0.1) is 11.8 Å². The van der Waals surface area contributed by atoms with Crippen LogP contribution in [-0.4, -0.2) is 45.9 Å². The fourth-order valence-corrected chi connectivity index (χ4v) is 5.68. The van der Waals surface area contributed by atoms with Crippen molar-refractivity contribution in [2.45, 2.75) is 56.7 Å². The molecule has 1 aliphatic heterocycles. The Hall–Kier alpha value is -0.370. The first-order valence-electron chi connectivity index (χ1n) is 8.25. The van der Waals surface area contributed by atoms with Gasteiger partial charge in [0.2, 0.25) is 10.0 Å². The highest BCUT2D eigenvalue weighted by atomic mass is 35.5. The number of carbonyl (C=O) groups excluding carboxylic acids is 1. The molecule has 0 spiro atoms. The van der Waals surface area contributed by atoms with Gasteiger partial charge < -0.3 is 10.1 Å². The van der Waals surface area contributed by atoms with Crippen LogP contribution in [0.4, 0.5) is 0 Å². The third-order valence-electron chi connectivity index (χ3n) is 5.00. The van der Waals surface area contributed by atoms with E-state index in [1.807, 2.05) is 6.92 Å². The molecule has 0 amide bonds. The summed E-state index contributed by atoms with van der Waals surface area (Å²) in [5.74, 6) is -0.626. The maximum Gasteiger partial charge on any atom is 0.310 e. The number of methoxy groups -OCH3 is 1. The molecule has 8 heteroatoms. The molecule has 1 aliphatic carbocycles. The summed E-state index contributed by atoms with van der Waals surface area (Å²) in [6, 6.07) is -0.113. The van der Waals surface area contributed by atoms with Crippen LogP contribution < -0.4 is 10.0 Å². The zero-order chi connectivity index (χ0) is 16.2. The van der Waals surface area contributed by atoms with Crippen LogP contribution in [0.5, 0.6) is 0 Å². The Morgan fingerprint density at radius 1 is 1.22 bits per heavy atom. The van der Waals surface area contributed by atoms with E-state index in [1.54, 1.807) is 0 Å². The lowest BCUT2D eigenvalue weighted by Crippen LogP contribution is -2.50. The lowest BCUT2D eigenvalue weighted by Gasteiger charge is -2.33. The van der Waals surface area contributed by atoms with E-state index < -0.39 is 27.2 Å². The van der Waals surface area contributed by atoms with Crippen molar-refractivity contribution < 1.29 is 17.9 Å². The molecule has 1 saturated heterocycles. The summed E-state index contributed by atoms with van der Waals surface area (Å²) < 4.78 is 33.1. The maximum absolute atomic E-state index is 12.7. The largest absolute Gasteiger partial charge is 0.469 e. The summed E-state index contributed by atoms with van der Waals surface area (Å²) in [6.45, 7) is 3.77. The van der Waals surface area contributed by atoms with Gasteiger partial charge >= 0.3 is 5.97 Å². The Bertz CT molecular complexity index is 480. The number of esters is 1. The Labute approximate surface area is 145 Å². The first kappa shape index (κ1) is 20.7. The van der Waals surface area contributed by atoms with Crippen molar-refractivity contribution in [2.24, 2.45) is 11.8 Å². The molecule has 4 unspecified atom stereocenters. The van der Waals surface area contributed by atoms with Crippen molar-refractivity contribution in [1.82, 2.24) is 10.0 Å². The molecule has 0 aromatic carbocycles. The van der Waals surface area contributed by atoms with Gasteiger partial charge in [0.05, 0.1) is 18.3 Å². The number of halogens is 1.